The predicted molar refractivity (Wildman–Crippen MR) is 76.9 cm³/mol. The Morgan fingerprint density at radius 3 is 2.79 bits per heavy atom. The summed E-state index contributed by atoms with van der Waals surface area (Å²) in [6.07, 6.45) is 3.62. The molecule has 1 aromatic carbocycles. The number of rotatable bonds is 4. The first-order valence-electron chi connectivity index (χ1n) is 7.05. The van der Waals surface area contributed by atoms with Crippen molar-refractivity contribution in [3.05, 3.63) is 35.9 Å². The van der Waals surface area contributed by atoms with Crippen LogP contribution in [0.15, 0.2) is 30.3 Å². The van der Waals surface area contributed by atoms with Gasteiger partial charge in [0.2, 0.25) is 0 Å². The summed E-state index contributed by atoms with van der Waals surface area (Å²) in [7, 11) is 0. The Kier molecular flexibility index (Phi) is 5.21. The van der Waals surface area contributed by atoms with Gasteiger partial charge in [-0.05, 0) is 25.3 Å². The Bertz CT molecular complexity index is 394. The molecule has 0 aliphatic carbocycles. The molecule has 1 aliphatic rings. The molecule has 0 saturated carbocycles. The second-order valence-corrected chi connectivity index (χ2v) is 5.24. The van der Waals surface area contributed by atoms with Gasteiger partial charge in [0, 0.05) is 25.2 Å². The molecule has 0 aromatic heterocycles. The van der Waals surface area contributed by atoms with Gasteiger partial charge in [-0.1, -0.05) is 36.8 Å². The van der Waals surface area contributed by atoms with Crippen molar-refractivity contribution in [3.8, 4) is 0 Å². The van der Waals surface area contributed by atoms with Crippen LogP contribution in [-0.4, -0.2) is 24.7 Å². The molecule has 2 amide bonds. The number of carbonyl (C=O) groups is 1. The molecule has 1 aromatic rings. The van der Waals surface area contributed by atoms with E-state index in [0.29, 0.717) is 25.2 Å². The third kappa shape index (κ3) is 4.91. The summed E-state index contributed by atoms with van der Waals surface area (Å²) in [4.78, 5) is 11.7. The van der Waals surface area contributed by atoms with Crippen molar-refractivity contribution in [3.63, 3.8) is 0 Å². The van der Waals surface area contributed by atoms with Gasteiger partial charge in [0.15, 0.2) is 0 Å². The van der Waals surface area contributed by atoms with E-state index in [4.69, 9.17) is 0 Å². The zero-order chi connectivity index (χ0) is 13.5. The van der Waals surface area contributed by atoms with Gasteiger partial charge in [0.25, 0.3) is 0 Å². The van der Waals surface area contributed by atoms with Crippen molar-refractivity contribution in [1.82, 2.24) is 16.0 Å². The smallest absolute Gasteiger partial charge is 0.315 e. The SMILES string of the molecule is CC1CCCC(CNC(=O)NCc2ccccc2)N1. The van der Waals surface area contributed by atoms with Crippen LogP contribution in [0.25, 0.3) is 0 Å². The van der Waals surface area contributed by atoms with Crippen LogP contribution < -0.4 is 16.0 Å². The van der Waals surface area contributed by atoms with Gasteiger partial charge < -0.3 is 16.0 Å². The molecular formula is C15H23N3O. The van der Waals surface area contributed by atoms with E-state index in [0.717, 1.165) is 12.0 Å². The number of amides is 2. The van der Waals surface area contributed by atoms with Crippen molar-refractivity contribution in [2.24, 2.45) is 0 Å². The fourth-order valence-electron chi connectivity index (χ4n) is 2.46. The van der Waals surface area contributed by atoms with E-state index in [1.54, 1.807) is 0 Å². The molecule has 1 aliphatic heterocycles. The molecule has 1 saturated heterocycles. The molecular weight excluding hydrogens is 238 g/mol. The number of nitrogens with one attached hydrogen (secondary N) is 3. The van der Waals surface area contributed by atoms with Crippen LogP contribution >= 0.6 is 0 Å². The predicted octanol–water partition coefficient (Wildman–Crippen LogP) is 2.02. The average molecular weight is 261 g/mol. The monoisotopic (exact) mass is 261 g/mol. The van der Waals surface area contributed by atoms with Crippen LogP contribution in [0.4, 0.5) is 4.79 Å². The van der Waals surface area contributed by atoms with Crippen LogP contribution in [0.2, 0.25) is 0 Å². The maximum absolute atomic E-state index is 11.7. The highest BCUT2D eigenvalue weighted by atomic mass is 16.2. The largest absolute Gasteiger partial charge is 0.337 e. The molecule has 0 bridgehead atoms. The van der Waals surface area contributed by atoms with Gasteiger partial charge in [-0.15, -0.1) is 0 Å². The van der Waals surface area contributed by atoms with Crippen LogP contribution in [0.3, 0.4) is 0 Å². The maximum Gasteiger partial charge on any atom is 0.315 e. The summed E-state index contributed by atoms with van der Waals surface area (Å²) in [6, 6.07) is 10.8. The van der Waals surface area contributed by atoms with Gasteiger partial charge in [0.05, 0.1) is 0 Å². The number of hydrogen-bond acceptors (Lipinski definition) is 2. The van der Waals surface area contributed by atoms with Crippen LogP contribution in [0.1, 0.15) is 31.7 Å². The number of carbonyl (C=O) groups excluding carboxylic acids is 1. The van der Waals surface area contributed by atoms with E-state index >= 15 is 0 Å². The first kappa shape index (κ1) is 13.9. The molecule has 2 rings (SSSR count). The Hall–Kier alpha value is -1.55. The van der Waals surface area contributed by atoms with Crippen molar-refractivity contribution < 1.29 is 4.79 Å². The van der Waals surface area contributed by atoms with E-state index in [2.05, 4.69) is 22.9 Å². The lowest BCUT2D eigenvalue weighted by atomic mass is 10.00. The van der Waals surface area contributed by atoms with E-state index < -0.39 is 0 Å². The highest BCUT2D eigenvalue weighted by molar-refractivity contribution is 5.73. The number of urea groups is 1. The van der Waals surface area contributed by atoms with Gasteiger partial charge in [-0.2, -0.15) is 0 Å². The molecule has 0 spiro atoms. The molecule has 2 unspecified atom stereocenters. The lowest BCUT2D eigenvalue weighted by Gasteiger charge is -2.28. The summed E-state index contributed by atoms with van der Waals surface area (Å²) >= 11 is 0. The van der Waals surface area contributed by atoms with E-state index in [1.165, 1.54) is 12.8 Å². The number of benzene rings is 1. The molecule has 2 atom stereocenters. The Morgan fingerprint density at radius 1 is 1.26 bits per heavy atom. The molecule has 1 fully saturated rings. The average Bonchev–Trinajstić information content (AvgIpc) is 2.44. The third-order valence-corrected chi connectivity index (χ3v) is 3.51. The fourth-order valence-corrected chi connectivity index (χ4v) is 2.46. The fraction of sp³-hybridized carbons (Fsp3) is 0.533. The topological polar surface area (TPSA) is 53.2 Å². The van der Waals surface area contributed by atoms with Crippen molar-refractivity contribution in [2.75, 3.05) is 6.54 Å². The molecule has 1 heterocycles. The van der Waals surface area contributed by atoms with Crippen molar-refractivity contribution in [2.45, 2.75) is 44.8 Å². The van der Waals surface area contributed by atoms with Crippen LogP contribution in [0, 0.1) is 0 Å². The molecule has 19 heavy (non-hydrogen) atoms. The second kappa shape index (κ2) is 7.14. The van der Waals surface area contributed by atoms with E-state index in [-0.39, 0.29) is 6.03 Å². The molecule has 0 radical (unpaired) electrons. The zero-order valence-electron chi connectivity index (χ0n) is 11.5. The van der Waals surface area contributed by atoms with Gasteiger partial charge in [-0.3, -0.25) is 0 Å². The third-order valence-electron chi connectivity index (χ3n) is 3.51. The Morgan fingerprint density at radius 2 is 2.05 bits per heavy atom. The van der Waals surface area contributed by atoms with Gasteiger partial charge in [-0.25, -0.2) is 4.79 Å². The lowest BCUT2D eigenvalue weighted by Crippen LogP contribution is -2.49. The summed E-state index contributed by atoms with van der Waals surface area (Å²) in [5.41, 5.74) is 1.11. The highest BCUT2D eigenvalue weighted by Gasteiger charge is 2.17. The standard InChI is InChI=1S/C15H23N3O/c1-12-6-5-9-14(18-12)11-17-15(19)16-10-13-7-3-2-4-8-13/h2-4,7-8,12,14,18H,5-6,9-11H2,1H3,(H2,16,17,19). The summed E-state index contributed by atoms with van der Waals surface area (Å²) in [5, 5.41) is 9.31. The number of hydrogen-bond donors (Lipinski definition) is 3. The first-order valence-corrected chi connectivity index (χ1v) is 7.05. The van der Waals surface area contributed by atoms with Crippen molar-refractivity contribution in [1.29, 1.82) is 0 Å². The molecule has 4 nitrogen and oxygen atoms in total. The second-order valence-electron chi connectivity index (χ2n) is 5.24. The summed E-state index contributed by atoms with van der Waals surface area (Å²) < 4.78 is 0. The van der Waals surface area contributed by atoms with Crippen molar-refractivity contribution >= 4 is 6.03 Å². The first-order chi connectivity index (χ1) is 9.24. The minimum Gasteiger partial charge on any atom is -0.337 e. The minimum absolute atomic E-state index is 0.0936. The Labute approximate surface area is 115 Å². The molecule has 4 heteroatoms. The van der Waals surface area contributed by atoms with Crippen LogP contribution in [-0.2, 0) is 6.54 Å². The molecule has 104 valence electrons. The highest BCUT2D eigenvalue weighted by Crippen LogP contribution is 2.11. The maximum atomic E-state index is 11.7. The molecule has 3 N–H and O–H groups in total. The number of piperidine rings is 1. The lowest BCUT2D eigenvalue weighted by molar-refractivity contribution is 0.236. The summed E-state index contributed by atoms with van der Waals surface area (Å²) in [6.45, 7) is 3.47. The van der Waals surface area contributed by atoms with E-state index in [9.17, 15) is 4.79 Å². The Balaban J connectivity index is 1.64. The van der Waals surface area contributed by atoms with Gasteiger partial charge >= 0.3 is 6.03 Å². The zero-order valence-corrected chi connectivity index (χ0v) is 11.5. The van der Waals surface area contributed by atoms with E-state index in [1.807, 2.05) is 30.3 Å². The summed E-state index contributed by atoms with van der Waals surface area (Å²) in [5.74, 6) is 0. The normalized spacial score (nSPS) is 22.8. The quantitative estimate of drug-likeness (QED) is 0.776. The van der Waals surface area contributed by atoms with Gasteiger partial charge in [0.1, 0.15) is 0 Å². The van der Waals surface area contributed by atoms with Crippen LogP contribution in [0.5, 0.6) is 0 Å². The minimum atomic E-state index is -0.0936.